The zero-order chi connectivity index (χ0) is 16.1. The van der Waals surface area contributed by atoms with Gasteiger partial charge in [0.05, 0.1) is 12.7 Å². The lowest BCUT2D eigenvalue weighted by molar-refractivity contribution is 0.0600. The number of nitrogens with zero attached hydrogens (tertiary/aromatic N) is 1. The second kappa shape index (κ2) is 7.77. The minimum absolute atomic E-state index is 0.240. The second-order valence-corrected chi connectivity index (χ2v) is 6.34. The SMILES string of the molecule is CCCN(CCC)[C@@H]1CCc2cc(C(=O)OC)ccc2[C@@H]1C. The zero-order valence-corrected chi connectivity index (χ0v) is 14.4. The first-order valence-electron chi connectivity index (χ1n) is 8.57. The highest BCUT2D eigenvalue weighted by molar-refractivity contribution is 5.89. The molecule has 1 aliphatic rings. The van der Waals surface area contributed by atoms with Gasteiger partial charge in [-0.25, -0.2) is 4.79 Å². The van der Waals surface area contributed by atoms with Crippen molar-refractivity contribution >= 4 is 5.97 Å². The third-order valence-electron chi connectivity index (χ3n) is 4.83. The number of fused-ring (bicyclic) bond motifs is 1. The van der Waals surface area contributed by atoms with Crippen LogP contribution in [0.5, 0.6) is 0 Å². The third kappa shape index (κ3) is 3.52. The molecule has 0 spiro atoms. The Balaban J connectivity index is 2.22. The summed E-state index contributed by atoms with van der Waals surface area (Å²) in [5.41, 5.74) is 3.39. The molecule has 0 fully saturated rings. The number of carbonyl (C=O) groups excluding carboxylic acids is 1. The van der Waals surface area contributed by atoms with Crippen molar-refractivity contribution in [2.24, 2.45) is 0 Å². The van der Waals surface area contributed by atoms with E-state index in [1.807, 2.05) is 12.1 Å². The van der Waals surface area contributed by atoms with E-state index < -0.39 is 0 Å². The van der Waals surface area contributed by atoms with Crippen molar-refractivity contribution in [3.63, 3.8) is 0 Å². The molecule has 0 saturated carbocycles. The molecular formula is C19H29NO2. The summed E-state index contributed by atoms with van der Waals surface area (Å²) in [5.74, 6) is 0.282. The standard InChI is InChI=1S/C19H29NO2/c1-5-11-20(12-6-2)18-10-8-15-13-16(19(21)22-4)7-9-17(15)14(18)3/h7,9,13-14,18H,5-6,8,10-12H2,1-4H3/t14-,18+/m0/s1. The summed E-state index contributed by atoms with van der Waals surface area (Å²) in [4.78, 5) is 14.3. The van der Waals surface area contributed by atoms with Gasteiger partial charge in [-0.15, -0.1) is 0 Å². The minimum Gasteiger partial charge on any atom is -0.465 e. The van der Waals surface area contributed by atoms with Crippen LogP contribution in [-0.4, -0.2) is 37.1 Å². The molecular weight excluding hydrogens is 274 g/mol. The van der Waals surface area contributed by atoms with Gasteiger partial charge >= 0.3 is 5.97 Å². The van der Waals surface area contributed by atoms with E-state index in [4.69, 9.17) is 4.74 Å². The van der Waals surface area contributed by atoms with E-state index in [2.05, 4.69) is 31.7 Å². The van der Waals surface area contributed by atoms with Crippen LogP contribution < -0.4 is 0 Å². The minimum atomic E-state index is -0.240. The van der Waals surface area contributed by atoms with Gasteiger partial charge in [-0.05, 0) is 68.0 Å². The molecule has 0 heterocycles. The molecule has 0 aromatic heterocycles. The van der Waals surface area contributed by atoms with Crippen LogP contribution in [-0.2, 0) is 11.2 Å². The number of rotatable bonds is 6. The predicted octanol–water partition coefficient (Wildman–Crippen LogP) is 4.01. The maximum Gasteiger partial charge on any atom is 0.337 e. The highest BCUT2D eigenvalue weighted by Gasteiger charge is 2.30. The highest BCUT2D eigenvalue weighted by atomic mass is 16.5. The van der Waals surface area contributed by atoms with Gasteiger partial charge in [0.2, 0.25) is 0 Å². The van der Waals surface area contributed by atoms with E-state index in [1.54, 1.807) is 0 Å². The molecule has 3 heteroatoms. The van der Waals surface area contributed by atoms with Crippen molar-refractivity contribution in [1.82, 2.24) is 4.90 Å². The molecule has 1 aromatic rings. The van der Waals surface area contributed by atoms with Gasteiger partial charge in [0, 0.05) is 6.04 Å². The monoisotopic (exact) mass is 303 g/mol. The molecule has 22 heavy (non-hydrogen) atoms. The average Bonchev–Trinajstić information content (AvgIpc) is 2.54. The van der Waals surface area contributed by atoms with Crippen LogP contribution in [0.15, 0.2) is 18.2 Å². The molecule has 3 nitrogen and oxygen atoms in total. The van der Waals surface area contributed by atoms with Crippen molar-refractivity contribution in [2.45, 2.75) is 58.4 Å². The van der Waals surface area contributed by atoms with E-state index >= 15 is 0 Å². The van der Waals surface area contributed by atoms with Crippen molar-refractivity contribution < 1.29 is 9.53 Å². The number of methoxy groups -OCH3 is 1. The first-order valence-corrected chi connectivity index (χ1v) is 8.57. The molecule has 0 aliphatic heterocycles. The predicted molar refractivity (Wildman–Crippen MR) is 90.5 cm³/mol. The number of ether oxygens (including phenoxy) is 1. The number of benzene rings is 1. The summed E-state index contributed by atoms with van der Waals surface area (Å²) >= 11 is 0. The maximum atomic E-state index is 11.7. The van der Waals surface area contributed by atoms with Gasteiger partial charge in [0.25, 0.3) is 0 Å². The van der Waals surface area contributed by atoms with Crippen LogP contribution in [0.2, 0.25) is 0 Å². The zero-order valence-electron chi connectivity index (χ0n) is 14.4. The molecule has 0 amide bonds. The molecule has 0 saturated heterocycles. The third-order valence-corrected chi connectivity index (χ3v) is 4.83. The van der Waals surface area contributed by atoms with Crippen molar-refractivity contribution in [3.05, 3.63) is 34.9 Å². The Morgan fingerprint density at radius 2 is 1.95 bits per heavy atom. The fourth-order valence-corrected chi connectivity index (χ4v) is 3.79. The van der Waals surface area contributed by atoms with Gasteiger partial charge in [-0.2, -0.15) is 0 Å². The van der Waals surface area contributed by atoms with Gasteiger partial charge in [0.15, 0.2) is 0 Å². The lowest BCUT2D eigenvalue weighted by Gasteiger charge is -2.39. The molecule has 0 N–H and O–H groups in total. The molecule has 2 rings (SSSR count). The summed E-state index contributed by atoms with van der Waals surface area (Å²) in [5, 5.41) is 0. The topological polar surface area (TPSA) is 29.5 Å². The highest BCUT2D eigenvalue weighted by Crippen LogP contribution is 2.35. The number of hydrogen-bond acceptors (Lipinski definition) is 3. The Bertz CT molecular complexity index is 506. The fraction of sp³-hybridized carbons (Fsp3) is 0.632. The summed E-state index contributed by atoms with van der Waals surface area (Å²) in [6.07, 6.45) is 4.65. The molecule has 1 aromatic carbocycles. The van der Waals surface area contributed by atoms with Crippen LogP contribution in [0.25, 0.3) is 0 Å². The number of aryl methyl sites for hydroxylation is 1. The van der Waals surface area contributed by atoms with Gasteiger partial charge in [-0.1, -0.05) is 26.8 Å². The lowest BCUT2D eigenvalue weighted by atomic mass is 9.79. The maximum absolute atomic E-state index is 11.7. The lowest BCUT2D eigenvalue weighted by Crippen LogP contribution is -2.42. The largest absolute Gasteiger partial charge is 0.465 e. The number of carbonyl (C=O) groups is 1. The Hall–Kier alpha value is -1.35. The first-order chi connectivity index (χ1) is 10.6. The molecule has 0 unspecified atom stereocenters. The Kier molecular flexibility index (Phi) is 6.01. The number of esters is 1. The number of hydrogen-bond donors (Lipinski definition) is 0. The summed E-state index contributed by atoms with van der Waals surface area (Å²) in [6, 6.07) is 6.69. The van der Waals surface area contributed by atoms with Crippen molar-refractivity contribution in [2.75, 3.05) is 20.2 Å². The van der Waals surface area contributed by atoms with Gasteiger partial charge in [-0.3, -0.25) is 4.90 Å². The van der Waals surface area contributed by atoms with E-state index in [-0.39, 0.29) is 5.97 Å². The molecule has 1 aliphatic carbocycles. The quantitative estimate of drug-likeness (QED) is 0.744. The van der Waals surface area contributed by atoms with Crippen molar-refractivity contribution in [1.29, 1.82) is 0 Å². The Morgan fingerprint density at radius 1 is 1.27 bits per heavy atom. The molecule has 0 bridgehead atoms. The van der Waals surface area contributed by atoms with E-state index in [9.17, 15) is 4.79 Å². The normalized spacial score (nSPS) is 20.8. The summed E-state index contributed by atoms with van der Waals surface area (Å²) in [7, 11) is 1.44. The smallest absolute Gasteiger partial charge is 0.337 e. The Labute approximate surface area is 134 Å². The molecule has 122 valence electrons. The first kappa shape index (κ1) is 17.0. The Morgan fingerprint density at radius 3 is 2.55 bits per heavy atom. The average molecular weight is 303 g/mol. The van der Waals surface area contributed by atoms with E-state index in [0.717, 1.165) is 6.42 Å². The molecule has 2 atom stereocenters. The summed E-state index contributed by atoms with van der Waals surface area (Å²) in [6.45, 7) is 9.20. The van der Waals surface area contributed by atoms with Crippen LogP contribution >= 0.6 is 0 Å². The van der Waals surface area contributed by atoms with Gasteiger partial charge < -0.3 is 4.74 Å². The van der Waals surface area contributed by atoms with E-state index in [0.29, 0.717) is 17.5 Å². The summed E-state index contributed by atoms with van der Waals surface area (Å²) < 4.78 is 4.83. The fourth-order valence-electron chi connectivity index (χ4n) is 3.79. The molecule has 0 radical (unpaired) electrons. The van der Waals surface area contributed by atoms with Crippen LogP contribution in [0.3, 0.4) is 0 Å². The van der Waals surface area contributed by atoms with E-state index in [1.165, 1.54) is 50.6 Å². The van der Waals surface area contributed by atoms with Gasteiger partial charge in [0.1, 0.15) is 0 Å². The van der Waals surface area contributed by atoms with Crippen molar-refractivity contribution in [3.8, 4) is 0 Å². The van der Waals surface area contributed by atoms with Crippen LogP contribution in [0, 0.1) is 0 Å². The second-order valence-electron chi connectivity index (χ2n) is 6.34. The van der Waals surface area contributed by atoms with Crippen LogP contribution in [0.1, 0.15) is 67.4 Å². The van der Waals surface area contributed by atoms with Crippen LogP contribution in [0.4, 0.5) is 0 Å².